The number of rotatable bonds is 2. The van der Waals surface area contributed by atoms with Gasteiger partial charge in [0.25, 0.3) is 0 Å². The van der Waals surface area contributed by atoms with Gasteiger partial charge in [0.05, 0.1) is 5.60 Å². The molecule has 12 heavy (non-hydrogen) atoms. The van der Waals surface area contributed by atoms with Gasteiger partial charge in [-0.15, -0.1) is 12.3 Å². The van der Waals surface area contributed by atoms with Crippen molar-refractivity contribution >= 4 is 0 Å². The molecule has 0 radical (unpaired) electrons. The molecule has 0 spiro atoms. The summed E-state index contributed by atoms with van der Waals surface area (Å²) in [6.45, 7) is 1.72. The molecule has 0 unspecified atom stereocenters. The van der Waals surface area contributed by atoms with Gasteiger partial charge < -0.3 is 5.11 Å². The van der Waals surface area contributed by atoms with E-state index in [2.05, 4.69) is 5.92 Å². The van der Waals surface area contributed by atoms with Crippen molar-refractivity contribution in [3.63, 3.8) is 0 Å². The van der Waals surface area contributed by atoms with Crippen LogP contribution in [-0.2, 0) is 5.60 Å². The molecule has 0 saturated carbocycles. The predicted molar refractivity (Wildman–Crippen MR) is 49.5 cm³/mol. The zero-order valence-electron chi connectivity index (χ0n) is 7.12. The molecule has 1 atom stereocenters. The summed E-state index contributed by atoms with van der Waals surface area (Å²) in [6.07, 6.45) is 5.49. The topological polar surface area (TPSA) is 20.2 Å². The van der Waals surface area contributed by atoms with Gasteiger partial charge in [0.2, 0.25) is 0 Å². The second-order valence-corrected chi connectivity index (χ2v) is 3.02. The average molecular weight is 160 g/mol. The molecule has 0 saturated heterocycles. The van der Waals surface area contributed by atoms with Gasteiger partial charge in [-0.25, -0.2) is 0 Å². The maximum atomic E-state index is 9.84. The molecular weight excluding hydrogens is 148 g/mol. The largest absolute Gasteiger partial charge is 0.384 e. The van der Waals surface area contributed by atoms with Gasteiger partial charge in [-0.05, 0) is 12.5 Å². The molecule has 0 aliphatic rings. The van der Waals surface area contributed by atoms with Gasteiger partial charge in [-0.3, -0.25) is 0 Å². The van der Waals surface area contributed by atoms with Crippen molar-refractivity contribution in [2.24, 2.45) is 0 Å². The lowest BCUT2D eigenvalue weighted by molar-refractivity contribution is 0.0629. The summed E-state index contributed by atoms with van der Waals surface area (Å²) >= 11 is 0. The van der Waals surface area contributed by atoms with E-state index in [0.717, 1.165) is 5.56 Å². The Hall–Kier alpha value is -1.26. The number of benzene rings is 1. The van der Waals surface area contributed by atoms with E-state index in [9.17, 15) is 5.11 Å². The lowest BCUT2D eigenvalue weighted by Crippen LogP contribution is -2.19. The van der Waals surface area contributed by atoms with Crippen LogP contribution in [0.1, 0.15) is 18.9 Å². The third kappa shape index (κ3) is 1.87. The molecule has 0 aromatic heterocycles. The Bertz CT molecular complexity index is 280. The van der Waals surface area contributed by atoms with Crippen molar-refractivity contribution in [1.82, 2.24) is 0 Å². The number of aliphatic hydroxyl groups is 1. The van der Waals surface area contributed by atoms with Crippen LogP contribution in [0, 0.1) is 12.3 Å². The van der Waals surface area contributed by atoms with Crippen LogP contribution in [0.3, 0.4) is 0 Å². The van der Waals surface area contributed by atoms with E-state index in [4.69, 9.17) is 6.42 Å². The van der Waals surface area contributed by atoms with E-state index in [0.29, 0.717) is 6.42 Å². The van der Waals surface area contributed by atoms with Crippen molar-refractivity contribution in [3.05, 3.63) is 35.9 Å². The highest BCUT2D eigenvalue weighted by molar-refractivity contribution is 5.22. The van der Waals surface area contributed by atoms with E-state index >= 15 is 0 Å². The first-order chi connectivity index (χ1) is 5.67. The van der Waals surface area contributed by atoms with Gasteiger partial charge in [-0.1, -0.05) is 30.3 Å². The Morgan fingerprint density at radius 3 is 2.50 bits per heavy atom. The third-order valence-electron chi connectivity index (χ3n) is 1.84. The Labute approximate surface area is 73.0 Å². The standard InChI is InChI=1S/C11H12O/c1-3-9-11(2,12)10-7-5-4-6-8-10/h1,4-8,12H,9H2,2H3/t11-/m1/s1. The Morgan fingerprint density at radius 2 is 2.00 bits per heavy atom. The Balaban J connectivity index is 2.91. The monoisotopic (exact) mass is 160 g/mol. The van der Waals surface area contributed by atoms with Crippen molar-refractivity contribution in [2.45, 2.75) is 18.9 Å². The van der Waals surface area contributed by atoms with Crippen molar-refractivity contribution in [1.29, 1.82) is 0 Å². The molecule has 0 amide bonds. The summed E-state index contributed by atoms with van der Waals surface area (Å²) in [7, 11) is 0. The van der Waals surface area contributed by atoms with Crippen LogP contribution in [0.2, 0.25) is 0 Å². The van der Waals surface area contributed by atoms with E-state index in [-0.39, 0.29) is 0 Å². The third-order valence-corrected chi connectivity index (χ3v) is 1.84. The molecule has 0 heterocycles. The van der Waals surface area contributed by atoms with Gasteiger partial charge >= 0.3 is 0 Å². The van der Waals surface area contributed by atoms with Gasteiger partial charge in [0.1, 0.15) is 0 Å². The quantitative estimate of drug-likeness (QED) is 0.655. The fourth-order valence-corrected chi connectivity index (χ4v) is 1.10. The zero-order valence-corrected chi connectivity index (χ0v) is 7.12. The first kappa shape index (κ1) is 8.83. The lowest BCUT2D eigenvalue weighted by Gasteiger charge is -2.20. The smallest absolute Gasteiger partial charge is 0.0977 e. The van der Waals surface area contributed by atoms with E-state index < -0.39 is 5.60 Å². The number of terminal acetylenes is 1. The minimum atomic E-state index is -0.893. The maximum Gasteiger partial charge on any atom is 0.0977 e. The first-order valence-electron chi connectivity index (χ1n) is 3.88. The van der Waals surface area contributed by atoms with Crippen LogP contribution in [0.5, 0.6) is 0 Å². The van der Waals surface area contributed by atoms with Gasteiger partial charge in [0.15, 0.2) is 0 Å². The Morgan fingerprint density at radius 1 is 1.42 bits per heavy atom. The molecule has 1 aromatic rings. The van der Waals surface area contributed by atoms with Gasteiger partial charge in [-0.2, -0.15) is 0 Å². The van der Waals surface area contributed by atoms with E-state index in [1.54, 1.807) is 6.92 Å². The first-order valence-corrected chi connectivity index (χ1v) is 3.88. The fourth-order valence-electron chi connectivity index (χ4n) is 1.10. The average Bonchev–Trinajstić information content (AvgIpc) is 2.06. The molecule has 1 rings (SSSR count). The van der Waals surface area contributed by atoms with Crippen LogP contribution in [0.15, 0.2) is 30.3 Å². The highest BCUT2D eigenvalue weighted by Gasteiger charge is 2.20. The van der Waals surface area contributed by atoms with Crippen LogP contribution < -0.4 is 0 Å². The van der Waals surface area contributed by atoms with Crippen LogP contribution >= 0.6 is 0 Å². The number of hydrogen-bond acceptors (Lipinski definition) is 1. The summed E-state index contributed by atoms with van der Waals surface area (Å²) in [4.78, 5) is 0. The van der Waals surface area contributed by atoms with Crippen molar-refractivity contribution in [2.75, 3.05) is 0 Å². The van der Waals surface area contributed by atoms with Gasteiger partial charge in [0, 0.05) is 6.42 Å². The predicted octanol–water partition coefficient (Wildman–Crippen LogP) is 1.92. The second kappa shape index (κ2) is 3.42. The highest BCUT2D eigenvalue weighted by Crippen LogP contribution is 2.22. The minimum absolute atomic E-state index is 0.344. The normalized spacial score (nSPS) is 14.8. The SMILES string of the molecule is C#CC[C@@](C)(O)c1ccccc1. The molecule has 0 fully saturated rings. The number of hydrogen-bond donors (Lipinski definition) is 1. The zero-order chi connectivity index (χ0) is 9.03. The molecule has 1 aromatic carbocycles. The molecule has 0 aliphatic carbocycles. The summed E-state index contributed by atoms with van der Waals surface area (Å²) in [6, 6.07) is 9.44. The summed E-state index contributed by atoms with van der Waals surface area (Å²) in [5, 5.41) is 9.84. The van der Waals surface area contributed by atoms with E-state index in [1.165, 1.54) is 0 Å². The highest BCUT2D eigenvalue weighted by atomic mass is 16.3. The van der Waals surface area contributed by atoms with Crippen molar-refractivity contribution in [3.8, 4) is 12.3 Å². The van der Waals surface area contributed by atoms with Crippen LogP contribution in [0.4, 0.5) is 0 Å². The maximum absolute atomic E-state index is 9.84. The molecule has 0 aliphatic heterocycles. The Kier molecular flexibility index (Phi) is 2.52. The van der Waals surface area contributed by atoms with Crippen LogP contribution in [-0.4, -0.2) is 5.11 Å². The second-order valence-electron chi connectivity index (χ2n) is 3.02. The molecule has 0 bridgehead atoms. The summed E-state index contributed by atoms with van der Waals surface area (Å²) in [5.41, 5.74) is -0.0290. The summed E-state index contributed by atoms with van der Waals surface area (Å²) in [5.74, 6) is 2.46. The minimum Gasteiger partial charge on any atom is -0.384 e. The molecular formula is C11H12O. The lowest BCUT2D eigenvalue weighted by atomic mass is 9.93. The molecule has 62 valence electrons. The fraction of sp³-hybridized carbons (Fsp3) is 0.273. The molecule has 1 nitrogen and oxygen atoms in total. The summed E-state index contributed by atoms with van der Waals surface area (Å²) < 4.78 is 0. The van der Waals surface area contributed by atoms with E-state index in [1.807, 2.05) is 30.3 Å². The molecule has 1 heteroatoms. The van der Waals surface area contributed by atoms with Crippen molar-refractivity contribution < 1.29 is 5.11 Å². The molecule has 1 N–H and O–H groups in total. The van der Waals surface area contributed by atoms with Crippen LogP contribution in [0.25, 0.3) is 0 Å².